The molecule has 0 aromatic carbocycles. The Morgan fingerprint density at radius 3 is 2.79 bits per heavy atom. The van der Waals surface area contributed by atoms with Gasteiger partial charge in [-0.3, -0.25) is 4.90 Å². The van der Waals surface area contributed by atoms with Crippen molar-refractivity contribution in [3.63, 3.8) is 0 Å². The summed E-state index contributed by atoms with van der Waals surface area (Å²) in [6, 6.07) is 2.05. The first-order valence-corrected chi connectivity index (χ1v) is 9.30. The zero-order valence-electron chi connectivity index (χ0n) is 15.1. The number of nitrogens with zero attached hydrogens (tertiary/aromatic N) is 3. The summed E-state index contributed by atoms with van der Waals surface area (Å²) < 4.78 is 5.48. The minimum atomic E-state index is 0.226. The first kappa shape index (κ1) is 17.4. The number of nitrogens with one attached hydrogen (secondary N) is 1. The SMILES string of the molecule is CCN(C)C1(CNc2cc([C@@H]3CCOC3)nc(N)n2)CCCCC1. The third-order valence-electron chi connectivity index (χ3n) is 5.78. The quantitative estimate of drug-likeness (QED) is 0.833. The minimum Gasteiger partial charge on any atom is -0.381 e. The minimum absolute atomic E-state index is 0.226. The Morgan fingerprint density at radius 2 is 2.12 bits per heavy atom. The molecule has 1 saturated carbocycles. The fourth-order valence-electron chi connectivity index (χ4n) is 4.05. The van der Waals surface area contributed by atoms with Gasteiger partial charge in [0.15, 0.2) is 0 Å². The molecule has 6 heteroatoms. The molecule has 2 fully saturated rings. The van der Waals surface area contributed by atoms with Gasteiger partial charge in [-0.1, -0.05) is 26.2 Å². The van der Waals surface area contributed by atoms with Gasteiger partial charge in [-0.15, -0.1) is 0 Å². The maximum absolute atomic E-state index is 5.94. The van der Waals surface area contributed by atoms with Crippen molar-refractivity contribution in [2.45, 2.75) is 56.9 Å². The number of ether oxygens (including phenoxy) is 1. The summed E-state index contributed by atoms with van der Waals surface area (Å²) in [5.74, 6) is 1.54. The fourth-order valence-corrected chi connectivity index (χ4v) is 4.05. The van der Waals surface area contributed by atoms with E-state index in [1.165, 1.54) is 32.1 Å². The summed E-state index contributed by atoms with van der Waals surface area (Å²) in [5, 5.41) is 3.56. The molecule has 3 N–H and O–H groups in total. The second kappa shape index (κ2) is 7.66. The third kappa shape index (κ3) is 3.81. The highest BCUT2D eigenvalue weighted by Gasteiger charge is 2.35. The standard InChI is InChI=1S/C18H31N5O/c1-3-23(2)18(8-5-4-6-9-18)13-20-16-11-15(21-17(19)22-16)14-7-10-24-12-14/h11,14H,3-10,12-13H2,1-2H3,(H3,19,20,21,22)/t14-/m1/s1. The van der Waals surface area contributed by atoms with Crippen LogP contribution in [0.15, 0.2) is 6.07 Å². The molecule has 2 heterocycles. The van der Waals surface area contributed by atoms with Crippen LogP contribution >= 0.6 is 0 Å². The second-order valence-electron chi connectivity index (χ2n) is 7.25. The lowest BCUT2D eigenvalue weighted by molar-refractivity contribution is 0.0922. The van der Waals surface area contributed by atoms with Gasteiger partial charge in [0.1, 0.15) is 5.82 Å². The fraction of sp³-hybridized carbons (Fsp3) is 0.778. The third-order valence-corrected chi connectivity index (χ3v) is 5.78. The van der Waals surface area contributed by atoms with Gasteiger partial charge >= 0.3 is 0 Å². The predicted octanol–water partition coefficient (Wildman–Crippen LogP) is 2.63. The van der Waals surface area contributed by atoms with E-state index in [0.29, 0.717) is 11.9 Å². The Balaban J connectivity index is 1.72. The molecule has 1 saturated heterocycles. The van der Waals surface area contributed by atoms with E-state index in [9.17, 15) is 0 Å². The molecule has 1 aromatic rings. The highest BCUT2D eigenvalue weighted by atomic mass is 16.5. The first-order chi connectivity index (χ1) is 11.6. The zero-order chi connectivity index (χ0) is 17.0. The maximum Gasteiger partial charge on any atom is 0.222 e. The van der Waals surface area contributed by atoms with Gasteiger partial charge in [-0.25, -0.2) is 4.98 Å². The molecule has 0 unspecified atom stereocenters. The maximum atomic E-state index is 5.94. The summed E-state index contributed by atoms with van der Waals surface area (Å²) in [4.78, 5) is 11.3. The van der Waals surface area contributed by atoms with Crippen LogP contribution in [0.25, 0.3) is 0 Å². The van der Waals surface area contributed by atoms with Crippen LogP contribution in [-0.2, 0) is 4.74 Å². The van der Waals surface area contributed by atoms with Crippen LogP contribution in [0.1, 0.15) is 57.1 Å². The smallest absolute Gasteiger partial charge is 0.222 e. The van der Waals surface area contributed by atoms with Crippen molar-refractivity contribution in [3.05, 3.63) is 11.8 Å². The number of nitrogen functional groups attached to an aromatic ring is 1. The van der Waals surface area contributed by atoms with Crippen LogP contribution < -0.4 is 11.1 Å². The van der Waals surface area contributed by atoms with E-state index in [2.05, 4.69) is 40.2 Å². The number of nitrogens with two attached hydrogens (primary N) is 1. The van der Waals surface area contributed by atoms with E-state index < -0.39 is 0 Å². The molecule has 6 nitrogen and oxygen atoms in total. The highest BCUT2D eigenvalue weighted by Crippen LogP contribution is 2.33. The van der Waals surface area contributed by atoms with Gasteiger partial charge in [0.05, 0.1) is 12.3 Å². The lowest BCUT2D eigenvalue weighted by Gasteiger charge is -2.44. The van der Waals surface area contributed by atoms with Gasteiger partial charge in [0, 0.05) is 30.7 Å². The van der Waals surface area contributed by atoms with E-state index in [-0.39, 0.29) is 5.54 Å². The Labute approximate surface area is 145 Å². The second-order valence-corrected chi connectivity index (χ2v) is 7.25. The molecule has 0 spiro atoms. The highest BCUT2D eigenvalue weighted by molar-refractivity contribution is 5.42. The molecule has 1 aliphatic heterocycles. The molecule has 3 rings (SSSR count). The molecule has 24 heavy (non-hydrogen) atoms. The van der Waals surface area contributed by atoms with Crippen molar-refractivity contribution in [2.24, 2.45) is 0 Å². The lowest BCUT2D eigenvalue weighted by atomic mass is 9.80. The largest absolute Gasteiger partial charge is 0.381 e. The van der Waals surface area contributed by atoms with Crippen LogP contribution in [0.2, 0.25) is 0 Å². The molecule has 134 valence electrons. The van der Waals surface area contributed by atoms with Crippen molar-refractivity contribution < 1.29 is 4.74 Å². The van der Waals surface area contributed by atoms with Crippen molar-refractivity contribution >= 4 is 11.8 Å². The number of anilines is 2. The molecule has 1 atom stereocenters. The van der Waals surface area contributed by atoms with E-state index in [4.69, 9.17) is 10.5 Å². The number of rotatable bonds is 6. The molecule has 0 amide bonds. The summed E-state index contributed by atoms with van der Waals surface area (Å²) in [5.41, 5.74) is 7.17. The Morgan fingerprint density at radius 1 is 1.33 bits per heavy atom. The molecule has 1 aliphatic carbocycles. The average molecular weight is 333 g/mol. The molecular weight excluding hydrogens is 302 g/mol. The summed E-state index contributed by atoms with van der Waals surface area (Å²) in [7, 11) is 2.24. The number of hydrogen-bond donors (Lipinski definition) is 2. The van der Waals surface area contributed by atoms with Crippen LogP contribution in [0.5, 0.6) is 0 Å². The Bertz CT molecular complexity index is 538. The van der Waals surface area contributed by atoms with Gasteiger partial charge < -0.3 is 15.8 Å². The van der Waals surface area contributed by atoms with E-state index in [1.807, 2.05) is 0 Å². The number of hydrogen-bond acceptors (Lipinski definition) is 6. The van der Waals surface area contributed by atoms with Gasteiger partial charge in [0.25, 0.3) is 0 Å². The van der Waals surface area contributed by atoms with Crippen LogP contribution in [-0.4, -0.2) is 53.8 Å². The predicted molar refractivity (Wildman–Crippen MR) is 97.2 cm³/mol. The lowest BCUT2D eigenvalue weighted by Crippen LogP contribution is -2.52. The normalized spacial score (nSPS) is 23.5. The zero-order valence-corrected chi connectivity index (χ0v) is 15.1. The van der Waals surface area contributed by atoms with Crippen LogP contribution in [0, 0.1) is 0 Å². The average Bonchev–Trinajstić information content (AvgIpc) is 3.14. The van der Waals surface area contributed by atoms with Crippen molar-refractivity contribution in [3.8, 4) is 0 Å². The summed E-state index contributed by atoms with van der Waals surface area (Å²) in [6.07, 6.45) is 7.47. The monoisotopic (exact) mass is 333 g/mol. The van der Waals surface area contributed by atoms with Crippen molar-refractivity contribution in [2.75, 3.05) is 44.4 Å². The van der Waals surface area contributed by atoms with Crippen molar-refractivity contribution in [1.29, 1.82) is 0 Å². The van der Waals surface area contributed by atoms with Crippen molar-refractivity contribution in [1.82, 2.24) is 14.9 Å². The molecular formula is C18H31N5O. The van der Waals surface area contributed by atoms with Gasteiger partial charge in [-0.2, -0.15) is 4.98 Å². The van der Waals surface area contributed by atoms with Crippen LogP contribution in [0.3, 0.4) is 0 Å². The molecule has 0 radical (unpaired) electrons. The Kier molecular flexibility index (Phi) is 5.56. The molecule has 1 aromatic heterocycles. The Hall–Kier alpha value is -1.40. The van der Waals surface area contributed by atoms with E-state index in [0.717, 1.165) is 44.2 Å². The van der Waals surface area contributed by atoms with Gasteiger partial charge in [0.2, 0.25) is 5.95 Å². The first-order valence-electron chi connectivity index (χ1n) is 9.30. The van der Waals surface area contributed by atoms with E-state index >= 15 is 0 Å². The number of likely N-dealkylation sites (N-methyl/N-ethyl adjacent to an activating group) is 1. The summed E-state index contributed by atoms with van der Waals surface area (Å²) in [6.45, 7) is 5.75. The summed E-state index contributed by atoms with van der Waals surface area (Å²) >= 11 is 0. The molecule has 0 bridgehead atoms. The van der Waals surface area contributed by atoms with Crippen LogP contribution in [0.4, 0.5) is 11.8 Å². The molecule has 2 aliphatic rings. The topological polar surface area (TPSA) is 76.3 Å². The van der Waals surface area contributed by atoms with E-state index in [1.54, 1.807) is 0 Å². The number of aromatic nitrogens is 2. The van der Waals surface area contributed by atoms with Gasteiger partial charge in [-0.05, 0) is 32.9 Å².